The van der Waals surface area contributed by atoms with Gasteiger partial charge >= 0.3 is 0 Å². The highest BCUT2D eigenvalue weighted by Crippen LogP contribution is 2.19. The zero-order chi connectivity index (χ0) is 15.2. The number of benzene rings is 1. The van der Waals surface area contributed by atoms with Crippen molar-refractivity contribution >= 4 is 11.6 Å². The average Bonchev–Trinajstić information content (AvgIpc) is 2.93. The van der Waals surface area contributed by atoms with Crippen LogP contribution in [0.5, 0.6) is 0 Å². The molecule has 1 aliphatic rings. The number of rotatable bonds is 6. The van der Waals surface area contributed by atoms with Crippen molar-refractivity contribution in [3.8, 4) is 0 Å². The molecular formula is C17H27N3O. The molecular weight excluding hydrogens is 262 g/mol. The molecule has 1 atom stereocenters. The molecule has 1 unspecified atom stereocenters. The van der Waals surface area contributed by atoms with E-state index in [4.69, 9.17) is 0 Å². The molecule has 4 heteroatoms. The summed E-state index contributed by atoms with van der Waals surface area (Å²) < 4.78 is 0. The molecule has 0 saturated carbocycles. The van der Waals surface area contributed by atoms with Gasteiger partial charge in [0.25, 0.3) is 5.91 Å². The van der Waals surface area contributed by atoms with Crippen LogP contribution >= 0.6 is 0 Å². The number of carbonyl (C=O) groups excluding carboxylic acids is 1. The van der Waals surface area contributed by atoms with E-state index in [2.05, 4.69) is 22.5 Å². The van der Waals surface area contributed by atoms with Crippen molar-refractivity contribution in [1.29, 1.82) is 0 Å². The van der Waals surface area contributed by atoms with Gasteiger partial charge in [-0.3, -0.25) is 9.69 Å². The van der Waals surface area contributed by atoms with Gasteiger partial charge in [-0.2, -0.15) is 0 Å². The van der Waals surface area contributed by atoms with Crippen LogP contribution in [0.2, 0.25) is 0 Å². The summed E-state index contributed by atoms with van der Waals surface area (Å²) in [5, 5.41) is 6.38. The van der Waals surface area contributed by atoms with Crippen LogP contribution in [-0.4, -0.2) is 43.0 Å². The molecule has 4 nitrogen and oxygen atoms in total. The standard InChI is InChI=1S/C17H27N3O/c1-4-18-16-11-13(3)8-9-15(16)17(21)19-12-14-7-6-10-20(14)5-2/h8-9,11,14,18H,4-7,10,12H2,1-3H3,(H,19,21). The van der Waals surface area contributed by atoms with Gasteiger partial charge in [0.15, 0.2) is 0 Å². The van der Waals surface area contributed by atoms with Gasteiger partial charge in [0, 0.05) is 24.8 Å². The lowest BCUT2D eigenvalue weighted by molar-refractivity contribution is 0.0942. The molecule has 1 aromatic rings. The van der Waals surface area contributed by atoms with Crippen LogP contribution in [0, 0.1) is 6.92 Å². The fourth-order valence-corrected chi connectivity index (χ4v) is 3.04. The van der Waals surface area contributed by atoms with Crippen molar-refractivity contribution in [3.05, 3.63) is 29.3 Å². The van der Waals surface area contributed by atoms with E-state index in [-0.39, 0.29) is 5.91 Å². The van der Waals surface area contributed by atoms with Gasteiger partial charge < -0.3 is 10.6 Å². The van der Waals surface area contributed by atoms with Crippen molar-refractivity contribution in [3.63, 3.8) is 0 Å². The SMILES string of the molecule is CCNc1cc(C)ccc1C(=O)NCC1CCCN1CC. The number of amides is 1. The predicted octanol–water partition coefficient (Wildman–Crippen LogP) is 2.64. The van der Waals surface area contributed by atoms with Crippen molar-refractivity contribution in [2.75, 3.05) is 31.5 Å². The minimum absolute atomic E-state index is 0.0221. The maximum absolute atomic E-state index is 12.4. The highest BCUT2D eigenvalue weighted by atomic mass is 16.1. The van der Waals surface area contributed by atoms with E-state index in [9.17, 15) is 4.79 Å². The fraction of sp³-hybridized carbons (Fsp3) is 0.588. The van der Waals surface area contributed by atoms with Gasteiger partial charge in [-0.1, -0.05) is 13.0 Å². The van der Waals surface area contributed by atoms with Gasteiger partial charge in [0.2, 0.25) is 0 Å². The quantitative estimate of drug-likeness (QED) is 0.846. The monoisotopic (exact) mass is 289 g/mol. The van der Waals surface area contributed by atoms with Crippen LogP contribution in [0.25, 0.3) is 0 Å². The Labute approximate surface area is 127 Å². The Kier molecular flexibility index (Phi) is 5.62. The van der Waals surface area contributed by atoms with Crippen molar-refractivity contribution in [2.45, 2.75) is 39.7 Å². The van der Waals surface area contributed by atoms with Crippen LogP contribution in [0.3, 0.4) is 0 Å². The largest absolute Gasteiger partial charge is 0.385 e. The van der Waals surface area contributed by atoms with Crippen molar-refractivity contribution in [2.24, 2.45) is 0 Å². The predicted molar refractivity (Wildman–Crippen MR) is 87.9 cm³/mol. The lowest BCUT2D eigenvalue weighted by Crippen LogP contribution is -2.40. The van der Waals surface area contributed by atoms with E-state index < -0.39 is 0 Å². The Morgan fingerprint density at radius 3 is 2.90 bits per heavy atom. The van der Waals surface area contributed by atoms with Gasteiger partial charge in [-0.25, -0.2) is 0 Å². The second-order valence-electron chi connectivity index (χ2n) is 5.71. The van der Waals surface area contributed by atoms with E-state index in [0.29, 0.717) is 6.04 Å². The summed E-state index contributed by atoms with van der Waals surface area (Å²) in [4.78, 5) is 14.9. The van der Waals surface area contributed by atoms with Gasteiger partial charge in [-0.15, -0.1) is 0 Å². The Balaban J connectivity index is 2.00. The molecule has 21 heavy (non-hydrogen) atoms. The number of anilines is 1. The average molecular weight is 289 g/mol. The summed E-state index contributed by atoms with van der Waals surface area (Å²) in [6, 6.07) is 6.43. The molecule has 1 heterocycles. The van der Waals surface area contributed by atoms with Crippen LogP contribution in [-0.2, 0) is 0 Å². The number of nitrogens with zero attached hydrogens (tertiary/aromatic N) is 1. The Morgan fingerprint density at radius 1 is 1.38 bits per heavy atom. The number of likely N-dealkylation sites (N-methyl/N-ethyl adjacent to an activating group) is 1. The van der Waals surface area contributed by atoms with Crippen molar-refractivity contribution < 1.29 is 4.79 Å². The Morgan fingerprint density at radius 2 is 2.19 bits per heavy atom. The molecule has 1 aromatic carbocycles. The first-order chi connectivity index (χ1) is 10.2. The third-order valence-corrected chi connectivity index (χ3v) is 4.19. The van der Waals surface area contributed by atoms with E-state index >= 15 is 0 Å². The molecule has 0 spiro atoms. The molecule has 1 fully saturated rings. The summed E-state index contributed by atoms with van der Waals surface area (Å²) in [7, 11) is 0. The molecule has 2 rings (SSSR count). The molecule has 116 valence electrons. The molecule has 0 radical (unpaired) electrons. The summed E-state index contributed by atoms with van der Waals surface area (Å²) in [5.74, 6) is 0.0221. The van der Waals surface area contributed by atoms with Gasteiger partial charge in [0.05, 0.1) is 5.56 Å². The van der Waals surface area contributed by atoms with E-state index in [0.717, 1.165) is 43.0 Å². The third kappa shape index (κ3) is 3.97. The molecule has 1 amide bonds. The molecule has 0 aliphatic carbocycles. The summed E-state index contributed by atoms with van der Waals surface area (Å²) in [6.45, 7) is 10.0. The van der Waals surface area contributed by atoms with Crippen LogP contribution in [0.4, 0.5) is 5.69 Å². The minimum atomic E-state index is 0.0221. The highest BCUT2D eigenvalue weighted by Gasteiger charge is 2.23. The second kappa shape index (κ2) is 7.46. The van der Waals surface area contributed by atoms with Gasteiger partial charge in [0.1, 0.15) is 0 Å². The third-order valence-electron chi connectivity index (χ3n) is 4.19. The second-order valence-corrected chi connectivity index (χ2v) is 5.71. The highest BCUT2D eigenvalue weighted by molar-refractivity contribution is 5.99. The lowest BCUT2D eigenvalue weighted by atomic mass is 10.1. The Bertz CT molecular complexity index is 487. The molecule has 0 aromatic heterocycles. The molecule has 1 saturated heterocycles. The smallest absolute Gasteiger partial charge is 0.253 e. The van der Waals surface area contributed by atoms with Crippen LogP contribution in [0.1, 0.15) is 42.6 Å². The van der Waals surface area contributed by atoms with Crippen molar-refractivity contribution in [1.82, 2.24) is 10.2 Å². The number of aryl methyl sites for hydroxylation is 1. The van der Waals surface area contributed by atoms with E-state index in [1.165, 1.54) is 12.8 Å². The Hall–Kier alpha value is -1.55. The summed E-state index contributed by atoms with van der Waals surface area (Å²) in [6.07, 6.45) is 2.42. The maximum Gasteiger partial charge on any atom is 0.253 e. The van der Waals surface area contributed by atoms with Crippen LogP contribution < -0.4 is 10.6 Å². The number of nitrogens with one attached hydrogen (secondary N) is 2. The zero-order valence-corrected chi connectivity index (χ0v) is 13.4. The first kappa shape index (κ1) is 15.8. The number of likely N-dealkylation sites (tertiary alicyclic amines) is 1. The topological polar surface area (TPSA) is 44.4 Å². The lowest BCUT2D eigenvalue weighted by Gasteiger charge is -2.23. The molecule has 0 bridgehead atoms. The molecule has 1 aliphatic heterocycles. The first-order valence-electron chi connectivity index (χ1n) is 8.02. The maximum atomic E-state index is 12.4. The van der Waals surface area contributed by atoms with Gasteiger partial charge in [-0.05, 0) is 57.5 Å². The molecule has 2 N–H and O–H groups in total. The summed E-state index contributed by atoms with van der Waals surface area (Å²) in [5.41, 5.74) is 2.83. The normalized spacial score (nSPS) is 18.7. The number of carbonyl (C=O) groups is 1. The zero-order valence-electron chi connectivity index (χ0n) is 13.4. The fourth-order valence-electron chi connectivity index (χ4n) is 3.04. The summed E-state index contributed by atoms with van der Waals surface area (Å²) >= 11 is 0. The number of hydrogen-bond donors (Lipinski definition) is 2. The number of hydrogen-bond acceptors (Lipinski definition) is 3. The van der Waals surface area contributed by atoms with E-state index in [1.807, 2.05) is 32.0 Å². The first-order valence-corrected chi connectivity index (χ1v) is 8.02. The van der Waals surface area contributed by atoms with E-state index in [1.54, 1.807) is 0 Å². The van der Waals surface area contributed by atoms with Crippen LogP contribution in [0.15, 0.2) is 18.2 Å². The minimum Gasteiger partial charge on any atom is -0.385 e.